The lowest BCUT2D eigenvalue weighted by atomic mass is 9.96. The van der Waals surface area contributed by atoms with Crippen molar-refractivity contribution in [3.63, 3.8) is 0 Å². The van der Waals surface area contributed by atoms with E-state index in [0.29, 0.717) is 0 Å². The number of carbonyl (C=O) groups is 2. The van der Waals surface area contributed by atoms with Gasteiger partial charge >= 0.3 is 0 Å². The summed E-state index contributed by atoms with van der Waals surface area (Å²) in [6.07, 6.45) is 4.32. The molecule has 0 aromatic heterocycles. The standard InChI is InChI=1S/C11H15NO3/c13-6-11(3-1-2-4-11)12-9(14)7-5-8(7)10(12)15/h7-8,13H,1-6H2. The molecule has 2 atom stereocenters. The fourth-order valence-corrected chi connectivity index (χ4v) is 3.13. The number of rotatable bonds is 2. The Morgan fingerprint density at radius 2 is 1.73 bits per heavy atom. The van der Waals surface area contributed by atoms with Crippen LogP contribution in [-0.2, 0) is 9.59 Å². The van der Waals surface area contributed by atoms with Crippen molar-refractivity contribution in [3.05, 3.63) is 0 Å². The van der Waals surface area contributed by atoms with Crippen LogP contribution in [0.25, 0.3) is 0 Å². The van der Waals surface area contributed by atoms with Gasteiger partial charge in [-0.25, -0.2) is 0 Å². The first-order valence-corrected chi connectivity index (χ1v) is 5.68. The van der Waals surface area contributed by atoms with E-state index in [2.05, 4.69) is 0 Å². The molecule has 3 aliphatic rings. The molecule has 4 nitrogen and oxygen atoms in total. The molecule has 0 aromatic rings. The van der Waals surface area contributed by atoms with Crippen molar-refractivity contribution in [3.8, 4) is 0 Å². The first-order valence-electron chi connectivity index (χ1n) is 5.68. The molecule has 82 valence electrons. The SMILES string of the molecule is O=C1C2CC2C(=O)N1C1(CO)CCCC1. The summed E-state index contributed by atoms with van der Waals surface area (Å²) in [6, 6.07) is 0. The minimum Gasteiger partial charge on any atom is -0.394 e. The highest BCUT2D eigenvalue weighted by atomic mass is 16.3. The molecule has 0 spiro atoms. The smallest absolute Gasteiger partial charge is 0.233 e. The van der Waals surface area contributed by atoms with Crippen LogP contribution >= 0.6 is 0 Å². The van der Waals surface area contributed by atoms with E-state index in [1.54, 1.807) is 0 Å². The summed E-state index contributed by atoms with van der Waals surface area (Å²) in [5.41, 5.74) is -0.540. The summed E-state index contributed by atoms with van der Waals surface area (Å²) in [5.74, 6) is -0.134. The van der Waals surface area contributed by atoms with Gasteiger partial charge in [0.05, 0.1) is 24.0 Å². The topological polar surface area (TPSA) is 57.6 Å². The zero-order valence-corrected chi connectivity index (χ0v) is 8.61. The minimum absolute atomic E-state index is 0.0269. The van der Waals surface area contributed by atoms with Gasteiger partial charge in [0.25, 0.3) is 0 Å². The van der Waals surface area contributed by atoms with E-state index in [1.165, 1.54) is 4.90 Å². The Morgan fingerprint density at radius 3 is 2.20 bits per heavy atom. The Kier molecular flexibility index (Phi) is 1.75. The number of hydrogen-bond acceptors (Lipinski definition) is 3. The van der Waals surface area contributed by atoms with Gasteiger partial charge in [0.15, 0.2) is 0 Å². The first-order chi connectivity index (χ1) is 7.19. The van der Waals surface area contributed by atoms with Crippen LogP contribution in [0.15, 0.2) is 0 Å². The van der Waals surface area contributed by atoms with Crippen LogP contribution in [0.5, 0.6) is 0 Å². The fourth-order valence-electron chi connectivity index (χ4n) is 3.13. The second-order valence-corrected chi connectivity index (χ2v) is 5.05. The average Bonchev–Trinajstić information content (AvgIpc) is 2.83. The van der Waals surface area contributed by atoms with E-state index in [9.17, 15) is 14.7 Å². The molecule has 0 bridgehead atoms. The maximum absolute atomic E-state index is 11.9. The second kappa shape index (κ2) is 2.82. The van der Waals surface area contributed by atoms with Gasteiger partial charge in [-0.3, -0.25) is 14.5 Å². The van der Waals surface area contributed by atoms with Gasteiger partial charge in [-0.1, -0.05) is 12.8 Å². The van der Waals surface area contributed by atoms with Crippen LogP contribution in [0, 0.1) is 11.8 Å². The van der Waals surface area contributed by atoms with Crippen molar-refractivity contribution in [2.75, 3.05) is 6.61 Å². The number of piperidine rings is 1. The lowest BCUT2D eigenvalue weighted by Gasteiger charge is -2.36. The predicted octanol–water partition coefficient (Wildman–Crippen LogP) is 0.296. The van der Waals surface area contributed by atoms with E-state index < -0.39 is 5.54 Å². The quantitative estimate of drug-likeness (QED) is 0.665. The monoisotopic (exact) mass is 209 g/mol. The van der Waals surface area contributed by atoms with Crippen molar-refractivity contribution in [1.82, 2.24) is 4.90 Å². The van der Waals surface area contributed by atoms with E-state index in [4.69, 9.17) is 0 Å². The zero-order chi connectivity index (χ0) is 10.6. The second-order valence-electron chi connectivity index (χ2n) is 5.05. The summed E-state index contributed by atoms with van der Waals surface area (Å²) in [4.78, 5) is 25.2. The van der Waals surface area contributed by atoms with Gasteiger partial charge in [0.2, 0.25) is 11.8 Å². The molecule has 4 heteroatoms. The number of carbonyl (C=O) groups excluding carboxylic acids is 2. The highest BCUT2D eigenvalue weighted by Gasteiger charge is 2.63. The Balaban J connectivity index is 1.92. The van der Waals surface area contributed by atoms with Crippen molar-refractivity contribution >= 4 is 11.8 Å². The first kappa shape index (κ1) is 9.33. The van der Waals surface area contributed by atoms with Gasteiger partial charge in [-0.2, -0.15) is 0 Å². The lowest BCUT2D eigenvalue weighted by Crippen LogP contribution is -2.53. The number of nitrogens with zero attached hydrogens (tertiary/aromatic N) is 1. The lowest BCUT2D eigenvalue weighted by molar-refractivity contribution is -0.150. The maximum atomic E-state index is 11.9. The number of fused-ring (bicyclic) bond motifs is 1. The molecule has 0 aromatic carbocycles. The molecule has 3 fully saturated rings. The average molecular weight is 209 g/mol. The minimum atomic E-state index is -0.540. The normalized spacial score (nSPS) is 37.3. The van der Waals surface area contributed by atoms with Crippen molar-refractivity contribution in [2.24, 2.45) is 11.8 Å². The van der Waals surface area contributed by atoms with Gasteiger partial charge in [0.1, 0.15) is 0 Å². The number of likely N-dealkylation sites (tertiary alicyclic amines) is 1. The number of imide groups is 1. The molecule has 2 amide bonds. The maximum Gasteiger partial charge on any atom is 0.233 e. The van der Waals surface area contributed by atoms with E-state index >= 15 is 0 Å². The molecule has 1 aliphatic heterocycles. The Hall–Kier alpha value is -0.900. The number of aliphatic hydroxyl groups is 1. The summed E-state index contributed by atoms with van der Waals surface area (Å²) in [6.45, 7) is -0.0656. The number of amides is 2. The Labute approximate surface area is 88.2 Å². The Morgan fingerprint density at radius 1 is 1.20 bits per heavy atom. The molecule has 3 rings (SSSR count). The largest absolute Gasteiger partial charge is 0.394 e. The zero-order valence-electron chi connectivity index (χ0n) is 8.61. The molecular formula is C11H15NO3. The van der Waals surface area contributed by atoms with Crippen molar-refractivity contribution in [1.29, 1.82) is 0 Å². The molecule has 1 saturated heterocycles. The van der Waals surface area contributed by atoms with Crippen molar-refractivity contribution in [2.45, 2.75) is 37.6 Å². The third-order valence-electron chi connectivity index (χ3n) is 4.17. The third kappa shape index (κ3) is 1.06. The molecule has 1 N–H and O–H groups in total. The molecule has 2 saturated carbocycles. The van der Waals surface area contributed by atoms with E-state index in [0.717, 1.165) is 32.1 Å². The summed E-state index contributed by atoms with van der Waals surface area (Å²) >= 11 is 0. The highest BCUT2D eigenvalue weighted by molar-refractivity contribution is 6.09. The summed E-state index contributed by atoms with van der Waals surface area (Å²) < 4.78 is 0. The number of hydrogen-bond donors (Lipinski definition) is 1. The highest BCUT2D eigenvalue weighted by Crippen LogP contribution is 2.51. The molecule has 1 heterocycles. The molecule has 15 heavy (non-hydrogen) atoms. The van der Waals surface area contributed by atoms with Crippen LogP contribution < -0.4 is 0 Å². The van der Waals surface area contributed by atoms with Gasteiger partial charge in [-0.15, -0.1) is 0 Å². The molecule has 2 unspecified atom stereocenters. The van der Waals surface area contributed by atoms with Crippen LogP contribution in [-0.4, -0.2) is 34.0 Å². The van der Waals surface area contributed by atoms with E-state index in [1.807, 2.05) is 0 Å². The molecular weight excluding hydrogens is 194 g/mol. The van der Waals surface area contributed by atoms with Crippen LogP contribution in [0.3, 0.4) is 0 Å². The van der Waals surface area contributed by atoms with Gasteiger partial charge < -0.3 is 5.11 Å². The Bertz CT molecular complexity index is 313. The van der Waals surface area contributed by atoms with Crippen LogP contribution in [0.4, 0.5) is 0 Å². The van der Waals surface area contributed by atoms with E-state index in [-0.39, 0.29) is 30.3 Å². The van der Waals surface area contributed by atoms with Gasteiger partial charge in [0, 0.05) is 0 Å². The molecule has 2 aliphatic carbocycles. The van der Waals surface area contributed by atoms with Crippen molar-refractivity contribution < 1.29 is 14.7 Å². The third-order valence-corrected chi connectivity index (χ3v) is 4.17. The summed E-state index contributed by atoms with van der Waals surface area (Å²) in [7, 11) is 0. The fraction of sp³-hybridized carbons (Fsp3) is 0.818. The summed E-state index contributed by atoms with van der Waals surface area (Å²) in [5, 5.41) is 9.47. The van der Waals surface area contributed by atoms with Crippen LogP contribution in [0.2, 0.25) is 0 Å². The number of aliphatic hydroxyl groups excluding tert-OH is 1. The molecule has 0 radical (unpaired) electrons. The predicted molar refractivity (Wildman–Crippen MR) is 51.7 cm³/mol. The van der Waals surface area contributed by atoms with Crippen LogP contribution in [0.1, 0.15) is 32.1 Å². The van der Waals surface area contributed by atoms with Gasteiger partial charge in [-0.05, 0) is 19.3 Å².